The molecule has 0 aromatic heterocycles. The summed E-state index contributed by atoms with van der Waals surface area (Å²) in [5, 5.41) is 20.3. The van der Waals surface area contributed by atoms with Crippen LogP contribution in [-0.4, -0.2) is 22.2 Å². The highest BCUT2D eigenvalue weighted by Crippen LogP contribution is 2.48. The van der Waals surface area contributed by atoms with Crippen molar-refractivity contribution in [1.29, 1.82) is 0 Å². The van der Waals surface area contributed by atoms with E-state index in [2.05, 4.69) is 13.8 Å². The number of phenolic OH excluding ortho intramolecular Hbond substituents is 2. The quantitative estimate of drug-likeness (QED) is 0.434. The number of carbonyl (C=O) groups is 1. The molecule has 5 heteroatoms. The molecule has 2 unspecified atom stereocenters. The number of hydrogen-bond donors (Lipinski definition) is 3. The summed E-state index contributed by atoms with van der Waals surface area (Å²) in [7, 11) is 0. The number of hydrogen-bond acceptors (Lipinski definition) is 5. The third-order valence-corrected chi connectivity index (χ3v) is 4.73. The highest BCUT2D eigenvalue weighted by Gasteiger charge is 2.30. The van der Waals surface area contributed by atoms with E-state index in [1.807, 2.05) is 0 Å². The van der Waals surface area contributed by atoms with Crippen LogP contribution in [0.1, 0.15) is 64.4 Å². The van der Waals surface area contributed by atoms with E-state index in [1.54, 1.807) is 6.92 Å². The Morgan fingerprint density at radius 2 is 2.00 bits per heavy atom. The van der Waals surface area contributed by atoms with Gasteiger partial charge in [0.05, 0.1) is 0 Å². The first-order valence-electron chi connectivity index (χ1n) is 8.81. The van der Waals surface area contributed by atoms with Crippen LogP contribution in [0.5, 0.6) is 17.2 Å². The number of phenols is 2. The molecule has 0 saturated heterocycles. The van der Waals surface area contributed by atoms with Gasteiger partial charge in [-0.2, -0.15) is 0 Å². The summed E-state index contributed by atoms with van der Waals surface area (Å²) in [6, 6.07) is 2.14. The van der Waals surface area contributed by atoms with Crippen molar-refractivity contribution in [1.82, 2.24) is 0 Å². The zero-order valence-electron chi connectivity index (χ0n) is 14.8. The second-order valence-electron chi connectivity index (χ2n) is 7.41. The van der Waals surface area contributed by atoms with Gasteiger partial charge in [-0.25, -0.2) is 4.79 Å². The van der Waals surface area contributed by atoms with Gasteiger partial charge in [0.25, 0.3) is 0 Å². The molecule has 1 aliphatic rings. The van der Waals surface area contributed by atoms with Gasteiger partial charge in [0.2, 0.25) is 0 Å². The van der Waals surface area contributed by atoms with Crippen molar-refractivity contribution < 1.29 is 19.7 Å². The first kappa shape index (κ1) is 18.6. The van der Waals surface area contributed by atoms with E-state index >= 15 is 0 Å². The van der Waals surface area contributed by atoms with Crippen molar-refractivity contribution in [3.05, 3.63) is 17.7 Å². The topological polar surface area (TPSA) is 92.8 Å². The number of benzene rings is 1. The van der Waals surface area contributed by atoms with Gasteiger partial charge in [-0.15, -0.1) is 0 Å². The Balaban J connectivity index is 2.29. The Morgan fingerprint density at radius 3 is 2.62 bits per heavy atom. The molecule has 5 nitrogen and oxygen atoms in total. The van der Waals surface area contributed by atoms with E-state index in [1.165, 1.54) is 18.6 Å². The molecule has 1 aromatic carbocycles. The van der Waals surface area contributed by atoms with E-state index in [4.69, 9.17) is 10.5 Å². The minimum absolute atomic E-state index is 0.0745. The number of nitrogens with two attached hydrogens (primary N) is 1. The predicted octanol–water partition coefficient (Wildman–Crippen LogP) is 3.67. The van der Waals surface area contributed by atoms with Crippen LogP contribution in [0, 0.1) is 11.8 Å². The Bertz CT molecular complexity index is 583. The van der Waals surface area contributed by atoms with E-state index in [-0.39, 0.29) is 17.4 Å². The average Bonchev–Trinajstić information content (AvgIpc) is 2.50. The third kappa shape index (κ3) is 4.41. The van der Waals surface area contributed by atoms with Gasteiger partial charge in [0.15, 0.2) is 11.5 Å². The molecule has 0 heterocycles. The monoisotopic (exact) mass is 335 g/mol. The fraction of sp³-hybridized carbons (Fsp3) is 0.632. The molecule has 134 valence electrons. The average molecular weight is 335 g/mol. The number of carbonyl (C=O) groups excluding carboxylic acids is 1. The molecule has 1 aromatic rings. The maximum absolute atomic E-state index is 11.9. The molecule has 2 rings (SSSR count). The van der Waals surface area contributed by atoms with E-state index < -0.39 is 12.0 Å². The first-order chi connectivity index (χ1) is 11.3. The summed E-state index contributed by atoms with van der Waals surface area (Å²) >= 11 is 0. The molecule has 1 aliphatic carbocycles. The second kappa shape index (κ2) is 7.88. The maximum atomic E-state index is 11.9. The van der Waals surface area contributed by atoms with Gasteiger partial charge in [0, 0.05) is 5.56 Å². The Labute approximate surface area is 143 Å². The van der Waals surface area contributed by atoms with Crippen molar-refractivity contribution in [2.45, 2.75) is 64.8 Å². The lowest BCUT2D eigenvalue weighted by molar-refractivity contribution is -0.135. The molecule has 0 spiro atoms. The molecule has 0 aliphatic heterocycles. The molecule has 3 atom stereocenters. The van der Waals surface area contributed by atoms with Gasteiger partial charge in [-0.05, 0) is 56.1 Å². The molecular weight excluding hydrogens is 306 g/mol. The lowest BCUT2D eigenvalue weighted by Crippen LogP contribution is -2.31. The molecule has 0 bridgehead atoms. The van der Waals surface area contributed by atoms with Crippen LogP contribution in [0.25, 0.3) is 0 Å². The Morgan fingerprint density at radius 1 is 1.29 bits per heavy atom. The van der Waals surface area contributed by atoms with Crippen LogP contribution in [0.15, 0.2) is 12.1 Å². The Hall–Kier alpha value is -1.75. The van der Waals surface area contributed by atoms with Crippen molar-refractivity contribution in [3.8, 4) is 17.2 Å². The van der Waals surface area contributed by atoms with Gasteiger partial charge in [-0.3, -0.25) is 0 Å². The fourth-order valence-electron chi connectivity index (χ4n) is 3.70. The summed E-state index contributed by atoms with van der Waals surface area (Å²) < 4.78 is 5.38. The van der Waals surface area contributed by atoms with E-state index in [0.717, 1.165) is 25.7 Å². The summed E-state index contributed by atoms with van der Waals surface area (Å²) in [5.41, 5.74) is 6.11. The van der Waals surface area contributed by atoms with E-state index in [9.17, 15) is 15.0 Å². The molecule has 0 amide bonds. The lowest BCUT2D eigenvalue weighted by Gasteiger charge is -2.31. The third-order valence-electron chi connectivity index (χ3n) is 4.73. The van der Waals surface area contributed by atoms with Crippen LogP contribution in [-0.2, 0) is 4.79 Å². The van der Waals surface area contributed by atoms with Crippen molar-refractivity contribution >= 4 is 5.97 Å². The minimum atomic E-state index is -0.742. The number of rotatable bonds is 5. The number of aromatic hydroxyl groups is 2. The molecular formula is C19H29NO4. The SMILES string of the molecule is CC(C)CC1CCCC(c2c(OC(=O)[C@H](C)N)ccc(O)c2O)C1. The Kier molecular flexibility index (Phi) is 6.10. The smallest absolute Gasteiger partial charge is 0.328 e. The molecule has 1 saturated carbocycles. The summed E-state index contributed by atoms with van der Waals surface area (Å²) in [6.45, 7) is 5.98. The van der Waals surface area contributed by atoms with Crippen molar-refractivity contribution in [2.75, 3.05) is 0 Å². The zero-order valence-corrected chi connectivity index (χ0v) is 14.8. The van der Waals surface area contributed by atoms with Crippen LogP contribution < -0.4 is 10.5 Å². The highest BCUT2D eigenvalue weighted by molar-refractivity contribution is 5.78. The predicted molar refractivity (Wildman–Crippen MR) is 93.2 cm³/mol. The van der Waals surface area contributed by atoms with Gasteiger partial charge < -0.3 is 20.7 Å². The van der Waals surface area contributed by atoms with Crippen LogP contribution >= 0.6 is 0 Å². The van der Waals surface area contributed by atoms with Gasteiger partial charge in [0.1, 0.15) is 11.8 Å². The van der Waals surface area contributed by atoms with Crippen LogP contribution in [0.2, 0.25) is 0 Å². The number of ether oxygens (including phenoxy) is 1. The normalized spacial score (nSPS) is 22.4. The maximum Gasteiger partial charge on any atom is 0.328 e. The van der Waals surface area contributed by atoms with Crippen molar-refractivity contribution in [3.63, 3.8) is 0 Å². The standard InChI is InChI=1S/C19H29NO4/c1-11(2)9-13-5-4-6-14(10-13)17-16(24-19(23)12(3)20)8-7-15(21)18(17)22/h7-8,11-14,21-22H,4-6,9-10,20H2,1-3H3/t12-,13?,14?/m0/s1. The first-order valence-corrected chi connectivity index (χ1v) is 8.81. The summed E-state index contributed by atoms with van der Waals surface area (Å²) in [5.74, 6) is 0.685. The lowest BCUT2D eigenvalue weighted by atomic mass is 9.75. The molecule has 4 N–H and O–H groups in total. The highest BCUT2D eigenvalue weighted by atomic mass is 16.5. The van der Waals surface area contributed by atoms with Crippen LogP contribution in [0.3, 0.4) is 0 Å². The zero-order chi connectivity index (χ0) is 17.9. The fourth-order valence-corrected chi connectivity index (χ4v) is 3.70. The minimum Gasteiger partial charge on any atom is -0.504 e. The molecule has 1 fully saturated rings. The van der Waals surface area contributed by atoms with Crippen molar-refractivity contribution in [2.24, 2.45) is 17.6 Å². The van der Waals surface area contributed by atoms with Crippen LogP contribution in [0.4, 0.5) is 0 Å². The molecule has 0 radical (unpaired) electrons. The van der Waals surface area contributed by atoms with Gasteiger partial charge >= 0.3 is 5.97 Å². The van der Waals surface area contributed by atoms with Gasteiger partial charge in [-0.1, -0.05) is 26.7 Å². The number of esters is 1. The second-order valence-corrected chi connectivity index (χ2v) is 7.41. The summed E-state index contributed by atoms with van der Waals surface area (Å²) in [6.07, 6.45) is 5.23. The summed E-state index contributed by atoms with van der Waals surface area (Å²) in [4.78, 5) is 11.9. The van der Waals surface area contributed by atoms with E-state index in [0.29, 0.717) is 23.1 Å². The largest absolute Gasteiger partial charge is 0.504 e. The molecule has 24 heavy (non-hydrogen) atoms.